The molecule has 1 saturated carbocycles. The van der Waals surface area contributed by atoms with E-state index in [-0.39, 0.29) is 5.91 Å². The summed E-state index contributed by atoms with van der Waals surface area (Å²) >= 11 is 1.74. The van der Waals surface area contributed by atoms with Crippen LogP contribution in [0.1, 0.15) is 54.7 Å². The molecule has 146 valence electrons. The predicted molar refractivity (Wildman–Crippen MR) is 109 cm³/mol. The molecule has 0 spiro atoms. The van der Waals surface area contributed by atoms with Gasteiger partial charge in [-0.2, -0.15) is 5.10 Å². The third-order valence-electron chi connectivity index (χ3n) is 5.73. The van der Waals surface area contributed by atoms with Crippen LogP contribution in [0.25, 0.3) is 10.2 Å². The number of thiazole rings is 1. The Morgan fingerprint density at radius 3 is 2.96 bits per heavy atom. The number of nitrogens with zero attached hydrogens (tertiary/aromatic N) is 4. The maximum atomic E-state index is 12.6. The second-order valence-corrected chi connectivity index (χ2v) is 9.16. The van der Waals surface area contributed by atoms with Gasteiger partial charge in [0.1, 0.15) is 5.82 Å². The van der Waals surface area contributed by atoms with Crippen LogP contribution in [0.4, 0.5) is 0 Å². The SMILES string of the molecule is O=C(CCCc1nc2ccccc2s1)N1CCC(Cc2nc(C3CC3)n[nH]2)C1. The molecular weight excluding hydrogens is 370 g/mol. The molecule has 5 rings (SSSR count). The first kappa shape index (κ1) is 17.8. The van der Waals surface area contributed by atoms with E-state index in [2.05, 4.69) is 26.2 Å². The maximum Gasteiger partial charge on any atom is 0.222 e. The van der Waals surface area contributed by atoms with Crippen LogP contribution in [0.2, 0.25) is 0 Å². The van der Waals surface area contributed by atoms with Crippen LogP contribution in [0, 0.1) is 5.92 Å². The first-order chi connectivity index (χ1) is 13.7. The summed E-state index contributed by atoms with van der Waals surface area (Å²) in [5.41, 5.74) is 1.06. The number of aromatic amines is 1. The quantitative estimate of drug-likeness (QED) is 0.662. The highest BCUT2D eigenvalue weighted by Gasteiger charge is 2.30. The molecule has 1 saturated heterocycles. The summed E-state index contributed by atoms with van der Waals surface area (Å²) in [7, 11) is 0. The van der Waals surface area contributed by atoms with E-state index in [4.69, 9.17) is 0 Å². The molecule has 3 aromatic rings. The minimum Gasteiger partial charge on any atom is -0.342 e. The number of aryl methyl sites for hydroxylation is 1. The van der Waals surface area contributed by atoms with Gasteiger partial charge in [0.25, 0.3) is 0 Å². The Hall–Kier alpha value is -2.28. The second kappa shape index (κ2) is 7.62. The van der Waals surface area contributed by atoms with Crippen LogP contribution in [0.15, 0.2) is 24.3 Å². The van der Waals surface area contributed by atoms with Crippen molar-refractivity contribution in [3.63, 3.8) is 0 Å². The Labute approximate surface area is 168 Å². The summed E-state index contributed by atoms with van der Waals surface area (Å²) in [6.45, 7) is 1.72. The summed E-state index contributed by atoms with van der Waals surface area (Å²) in [5, 5.41) is 8.56. The number of H-pyrrole nitrogens is 1. The molecule has 1 aliphatic heterocycles. The van der Waals surface area contributed by atoms with Crippen molar-refractivity contribution in [3.05, 3.63) is 40.9 Å². The largest absolute Gasteiger partial charge is 0.342 e. The van der Waals surface area contributed by atoms with Crippen molar-refractivity contribution in [1.29, 1.82) is 0 Å². The molecule has 6 nitrogen and oxygen atoms in total. The van der Waals surface area contributed by atoms with E-state index in [0.29, 0.717) is 18.3 Å². The van der Waals surface area contributed by atoms with Crippen LogP contribution >= 0.6 is 11.3 Å². The Morgan fingerprint density at radius 1 is 1.21 bits per heavy atom. The highest BCUT2D eigenvalue weighted by atomic mass is 32.1. The molecule has 1 atom stereocenters. The Bertz CT molecular complexity index is 943. The van der Waals surface area contributed by atoms with Crippen LogP contribution in [0.3, 0.4) is 0 Å². The lowest BCUT2D eigenvalue weighted by atomic mass is 10.1. The number of rotatable bonds is 7. The zero-order valence-corrected chi connectivity index (χ0v) is 16.7. The van der Waals surface area contributed by atoms with E-state index in [0.717, 1.165) is 60.9 Å². The number of nitrogens with one attached hydrogen (secondary N) is 1. The standard InChI is InChI=1S/C21H25N5OS/c27-20(7-3-6-19-22-16-4-1-2-5-17(16)28-19)26-11-10-14(13-26)12-18-23-21(25-24-18)15-8-9-15/h1-2,4-5,14-15H,3,6-13H2,(H,23,24,25). The summed E-state index contributed by atoms with van der Waals surface area (Å²) < 4.78 is 1.23. The third kappa shape index (κ3) is 3.94. The first-order valence-electron chi connectivity index (χ1n) is 10.3. The fourth-order valence-corrected chi connectivity index (χ4v) is 5.01. The van der Waals surface area contributed by atoms with E-state index < -0.39 is 0 Å². The van der Waals surface area contributed by atoms with E-state index in [1.807, 2.05) is 23.1 Å². The van der Waals surface area contributed by atoms with E-state index in [1.165, 1.54) is 17.5 Å². The Morgan fingerprint density at radius 2 is 2.11 bits per heavy atom. The average molecular weight is 396 g/mol. The molecule has 1 aromatic carbocycles. The van der Waals surface area contributed by atoms with Gasteiger partial charge in [-0.15, -0.1) is 11.3 Å². The van der Waals surface area contributed by atoms with Crippen molar-refractivity contribution in [1.82, 2.24) is 25.1 Å². The van der Waals surface area contributed by atoms with E-state index in [9.17, 15) is 4.79 Å². The van der Waals surface area contributed by atoms with Gasteiger partial charge in [0.05, 0.1) is 15.2 Å². The zero-order chi connectivity index (χ0) is 18.9. The number of fused-ring (bicyclic) bond motifs is 1. The highest BCUT2D eigenvalue weighted by Crippen LogP contribution is 2.38. The molecule has 2 aromatic heterocycles. The van der Waals surface area contributed by atoms with Gasteiger partial charge in [0, 0.05) is 31.8 Å². The molecule has 1 unspecified atom stereocenters. The van der Waals surface area contributed by atoms with Gasteiger partial charge in [0.15, 0.2) is 5.82 Å². The molecule has 0 radical (unpaired) electrons. The summed E-state index contributed by atoms with van der Waals surface area (Å²) in [5.74, 6) is 3.32. The minimum atomic E-state index is 0.278. The number of amides is 1. The fraction of sp³-hybridized carbons (Fsp3) is 0.524. The van der Waals surface area contributed by atoms with Crippen molar-refractivity contribution in [2.75, 3.05) is 13.1 Å². The number of carbonyl (C=O) groups is 1. The highest BCUT2D eigenvalue weighted by molar-refractivity contribution is 7.18. The van der Waals surface area contributed by atoms with E-state index >= 15 is 0 Å². The number of hydrogen-bond acceptors (Lipinski definition) is 5. The topological polar surface area (TPSA) is 74.8 Å². The summed E-state index contributed by atoms with van der Waals surface area (Å²) in [6.07, 6.45) is 6.76. The number of benzene rings is 1. The van der Waals surface area contributed by atoms with Gasteiger partial charge in [-0.05, 0) is 50.2 Å². The Kier molecular flexibility index (Phi) is 4.84. The van der Waals surface area contributed by atoms with Crippen LogP contribution in [-0.4, -0.2) is 44.1 Å². The third-order valence-corrected chi connectivity index (χ3v) is 6.83. The molecule has 1 aliphatic carbocycles. The van der Waals surface area contributed by atoms with Crippen molar-refractivity contribution in [2.45, 2.75) is 50.9 Å². The summed E-state index contributed by atoms with van der Waals surface area (Å²) in [6, 6.07) is 8.22. The van der Waals surface area contributed by atoms with Crippen molar-refractivity contribution >= 4 is 27.5 Å². The van der Waals surface area contributed by atoms with Gasteiger partial charge in [0.2, 0.25) is 5.91 Å². The smallest absolute Gasteiger partial charge is 0.222 e. The van der Waals surface area contributed by atoms with Gasteiger partial charge in [-0.25, -0.2) is 9.97 Å². The van der Waals surface area contributed by atoms with Crippen molar-refractivity contribution < 1.29 is 4.79 Å². The average Bonchev–Trinajstić information content (AvgIpc) is 3.10. The number of likely N-dealkylation sites (tertiary alicyclic amines) is 1. The minimum absolute atomic E-state index is 0.278. The molecule has 2 fully saturated rings. The molecule has 3 heterocycles. The normalized spacial score (nSPS) is 19.6. The number of hydrogen-bond donors (Lipinski definition) is 1. The molecule has 0 bridgehead atoms. The zero-order valence-electron chi connectivity index (χ0n) is 15.9. The second-order valence-electron chi connectivity index (χ2n) is 8.04. The lowest BCUT2D eigenvalue weighted by Crippen LogP contribution is -2.28. The van der Waals surface area contributed by atoms with Crippen LogP contribution in [-0.2, 0) is 17.6 Å². The van der Waals surface area contributed by atoms with E-state index in [1.54, 1.807) is 11.3 Å². The molecule has 2 aliphatic rings. The van der Waals surface area contributed by atoms with Gasteiger partial charge >= 0.3 is 0 Å². The van der Waals surface area contributed by atoms with Gasteiger partial charge in [-0.1, -0.05) is 12.1 Å². The lowest BCUT2D eigenvalue weighted by molar-refractivity contribution is -0.130. The number of carbonyl (C=O) groups excluding carboxylic acids is 1. The Balaban J connectivity index is 1.08. The lowest BCUT2D eigenvalue weighted by Gasteiger charge is -2.16. The molecule has 1 amide bonds. The van der Waals surface area contributed by atoms with Crippen LogP contribution in [0.5, 0.6) is 0 Å². The fourth-order valence-electron chi connectivity index (χ4n) is 4.00. The molecule has 7 heteroatoms. The molecule has 1 N–H and O–H groups in total. The monoisotopic (exact) mass is 395 g/mol. The van der Waals surface area contributed by atoms with Crippen molar-refractivity contribution in [2.24, 2.45) is 5.92 Å². The number of para-hydroxylation sites is 1. The van der Waals surface area contributed by atoms with Crippen molar-refractivity contribution in [3.8, 4) is 0 Å². The predicted octanol–water partition coefficient (Wildman–Crippen LogP) is 3.71. The van der Waals surface area contributed by atoms with Crippen LogP contribution < -0.4 is 0 Å². The summed E-state index contributed by atoms with van der Waals surface area (Å²) in [4.78, 5) is 23.9. The van der Waals surface area contributed by atoms with Gasteiger partial charge in [-0.3, -0.25) is 9.89 Å². The molecular formula is C21H25N5OS. The number of aromatic nitrogens is 4. The molecule has 28 heavy (non-hydrogen) atoms. The first-order valence-corrected chi connectivity index (χ1v) is 11.1. The van der Waals surface area contributed by atoms with Gasteiger partial charge < -0.3 is 4.90 Å². The maximum absolute atomic E-state index is 12.6.